The Morgan fingerprint density at radius 2 is 2.32 bits per heavy atom. The molecule has 3 rings (SSSR count). The molecule has 0 aromatic carbocycles. The Bertz CT molecular complexity index is 825. The number of hydrogen-bond donors (Lipinski definition) is 3. The summed E-state index contributed by atoms with van der Waals surface area (Å²) < 4.78 is 36.5. The topological polar surface area (TPSA) is 96.8 Å². The number of amides is 2. The lowest BCUT2D eigenvalue weighted by Gasteiger charge is -2.19. The third-order valence-corrected chi connectivity index (χ3v) is 3.97. The zero-order valence-electron chi connectivity index (χ0n) is 13.0. The van der Waals surface area contributed by atoms with Crippen LogP contribution in [0.15, 0.2) is 18.5 Å². The van der Waals surface area contributed by atoms with E-state index >= 15 is 0 Å². The molecule has 0 aliphatic carbocycles. The van der Waals surface area contributed by atoms with Gasteiger partial charge in [0.2, 0.25) is 0 Å². The van der Waals surface area contributed by atoms with Crippen LogP contribution >= 0.6 is 0 Å². The third-order valence-electron chi connectivity index (χ3n) is 3.97. The molecule has 0 spiro atoms. The zero-order chi connectivity index (χ0) is 18.0. The van der Waals surface area contributed by atoms with Crippen LogP contribution in [0.1, 0.15) is 12.0 Å². The number of aromatic amines is 1. The van der Waals surface area contributed by atoms with Gasteiger partial charge in [-0.1, -0.05) is 0 Å². The van der Waals surface area contributed by atoms with Crippen LogP contribution in [-0.2, 0) is 0 Å². The lowest BCUT2D eigenvalue weighted by Crippen LogP contribution is -2.43. The van der Waals surface area contributed by atoms with Crippen LogP contribution in [0.4, 0.5) is 23.7 Å². The SMILES string of the molecule is N#Cc1cnc2[nH]ccc2c1NC1CCN(C(=O)NCC(F)(F)F)C1. The van der Waals surface area contributed by atoms with Gasteiger partial charge in [-0.2, -0.15) is 18.4 Å². The number of nitriles is 1. The van der Waals surface area contributed by atoms with E-state index in [0.29, 0.717) is 29.9 Å². The average molecular weight is 352 g/mol. The third kappa shape index (κ3) is 3.76. The second-order valence-electron chi connectivity index (χ2n) is 5.75. The quantitative estimate of drug-likeness (QED) is 0.789. The number of halogens is 3. The van der Waals surface area contributed by atoms with Crippen molar-refractivity contribution in [3.63, 3.8) is 0 Å². The molecule has 1 aliphatic rings. The molecule has 2 amide bonds. The number of likely N-dealkylation sites (tertiary alicyclic amines) is 1. The number of nitrogens with one attached hydrogen (secondary N) is 3. The number of fused-ring (bicyclic) bond motifs is 1. The van der Waals surface area contributed by atoms with Gasteiger partial charge in [0.1, 0.15) is 18.3 Å². The maximum Gasteiger partial charge on any atom is 0.405 e. The molecule has 1 fully saturated rings. The van der Waals surface area contributed by atoms with Crippen molar-refractivity contribution in [1.82, 2.24) is 20.2 Å². The molecule has 3 heterocycles. The summed E-state index contributed by atoms with van der Waals surface area (Å²) in [6, 6.07) is 2.94. The minimum absolute atomic E-state index is 0.163. The number of hydrogen-bond acceptors (Lipinski definition) is 4. The van der Waals surface area contributed by atoms with Crippen LogP contribution < -0.4 is 10.6 Å². The standard InChI is InChI=1S/C15H15F3N6O/c16-15(17,18)8-22-14(25)24-4-2-10(7-24)23-12-9(5-19)6-21-13-11(12)1-3-20-13/h1,3,6,10H,2,4,7-8H2,(H,22,25)(H2,20,21,23). The molecule has 1 atom stereocenters. The van der Waals surface area contributed by atoms with Gasteiger partial charge in [0.15, 0.2) is 0 Å². The van der Waals surface area contributed by atoms with Gasteiger partial charge in [-0.25, -0.2) is 9.78 Å². The van der Waals surface area contributed by atoms with E-state index in [4.69, 9.17) is 0 Å². The number of urea groups is 1. The van der Waals surface area contributed by atoms with Gasteiger partial charge >= 0.3 is 12.2 Å². The molecule has 1 aliphatic heterocycles. The molecule has 7 nitrogen and oxygen atoms in total. The Morgan fingerprint density at radius 1 is 1.52 bits per heavy atom. The molecule has 2 aromatic rings. The number of H-pyrrole nitrogens is 1. The van der Waals surface area contributed by atoms with E-state index in [0.717, 1.165) is 5.39 Å². The van der Waals surface area contributed by atoms with Crippen LogP contribution in [0.5, 0.6) is 0 Å². The van der Waals surface area contributed by atoms with Gasteiger partial charge in [-0.15, -0.1) is 0 Å². The number of nitrogens with zero attached hydrogens (tertiary/aromatic N) is 3. The number of alkyl halides is 3. The van der Waals surface area contributed by atoms with Gasteiger partial charge in [0.25, 0.3) is 0 Å². The number of aromatic nitrogens is 2. The van der Waals surface area contributed by atoms with Gasteiger partial charge in [0.05, 0.1) is 11.3 Å². The minimum atomic E-state index is -4.44. The molecule has 2 aromatic heterocycles. The normalized spacial score (nSPS) is 17.5. The summed E-state index contributed by atoms with van der Waals surface area (Å²) in [5.41, 5.74) is 1.60. The Labute approximate surface area is 140 Å². The monoisotopic (exact) mass is 352 g/mol. The number of carbonyl (C=O) groups excluding carboxylic acids is 1. The highest BCUT2D eigenvalue weighted by atomic mass is 19.4. The second kappa shape index (κ2) is 6.51. The first-order valence-electron chi connectivity index (χ1n) is 7.59. The molecule has 3 N–H and O–H groups in total. The highest BCUT2D eigenvalue weighted by Gasteiger charge is 2.31. The van der Waals surface area contributed by atoms with Crippen molar-refractivity contribution in [2.75, 3.05) is 25.0 Å². The van der Waals surface area contributed by atoms with E-state index in [1.165, 1.54) is 11.1 Å². The van der Waals surface area contributed by atoms with Crippen molar-refractivity contribution in [3.8, 4) is 6.07 Å². The van der Waals surface area contributed by atoms with Crippen LogP contribution in [0, 0.1) is 11.3 Å². The van der Waals surface area contributed by atoms with Crippen LogP contribution in [-0.4, -0.2) is 52.8 Å². The van der Waals surface area contributed by atoms with Crippen molar-refractivity contribution >= 4 is 22.8 Å². The maximum atomic E-state index is 12.2. The fourth-order valence-electron chi connectivity index (χ4n) is 2.80. The Hall–Kier alpha value is -2.96. The Balaban J connectivity index is 1.67. The smallest absolute Gasteiger partial charge is 0.379 e. The summed E-state index contributed by atoms with van der Waals surface area (Å²) in [6.07, 6.45) is -0.719. The Kier molecular flexibility index (Phi) is 4.39. The molecule has 0 bridgehead atoms. The zero-order valence-corrected chi connectivity index (χ0v) is 13.0. The molecule has 25 heavy (non-hydrogen) atoms. The van der Waals surface area contributed by atoms with Crippen molar-refractivity contribution in [2.24, 2.45) is 0 Å². The van der Waals surface area contributed by atoms with E-state index in [1.807, 2.05) is 5.32 Å². The highest BCUT2D eigenvalue weighted by molar-refractivity contribution is 5.92. The predicted molar refractivity (Wildman–Crippen MR) is 83.9 cm³/mol. The number of carbonyl (C=O) groups is 1. The highest BCUT2D eigenvalue weighted by Crippen LogP contribution is 2.27. The lowest BCUT2D eigenvalue weighted by atomic mass is 10.1. The molecule has 1 unspecified atom stereocenters. The fraction of sp³-hybridized carbons (Fsp3) is 0.400. The molecule has 132 valence electrons. The van der Waals surface area contributed by atoms with Crippen LogP contribution in [0.3, 0.4) is 0 Å². The summed E-state index contributed by atoms with van der Waals surface area (Å²) in [5.74, 6) is 0. The molecule has 0 radical (unpaired) electrons. The van der Waals surface area contributed by atoms with Crippen molar-refractivity contribution in [2.45, 2.75) is 18.6 Å². The van der Waals surface area contributed by atoms with E-state index in [9.17, 15) is 23.2 Å². The van der Waals surface area contributed by atoms with Crippen LogP contribution in [0.25, 0.3) is 11.0 Å². The van der Waals surface area contributed by atoms with Crippen molar-refractivity contribution in [1.29, 1.82) is 5.26 Å². The van der Waals surface area contributed by atoms with Crippen LogP contribution in [0.2, 0.25) is 0 Å². The summed E-state index contributed by atoms with van der Waals surface area (Å²) in [6.45, 7) is -0.763. The average Bonchev–Trinajstić information content (AvgIpc) is 3.21. The molecular weight excluding hydrogens is 337 g/mol. The van der Waals surface area contributed by atoms with Crippen molar-refractivity contribution < 1.29 is 18.0 Å². The molecule has 0 saturated carbocycles. The van der Waals surface area contributed by atoms with Gasteiger partial charge < -0.3 is 20.5 Å². The molecule has 1 saturated heterocycles. The molecular formula is C15H15F3N6O. The fourth-order valence-corrected chi connectivity index (χ4v) is 2.80. The minimum Gasteiger partial charge on any atom is -0.379 e. The number of anilines is 1. The number of pyridine rings is 1. The van der Waals surface area contributed by atoms with E-state index in [-0.39, 0.29) is 12.6 Å². The largest absolute Gasteiger partial charge is 0.405 e. The van der Waals surface area contributed by atoms with E-state index in [2.05, 4.69) is 21.4 Å². The maximum absolute atomic E-state index is 12.2. The van der Waals surface area contributed by atoms with E-state index < -0.39 is 18.8 Å². The predicted octanol–water partition coefficient (Wildman–Crippen LogP) is 2.19. The first-order chi connectivity index (χ1) is 11.9. The second-order valence-corrected chi connectivity index (χ2v) is 5.75. The van der Waals surface area contributed by atoms with Gasteiger partial charge in [-0.05, 0) is 12.5 Å². The molecule has 10 heteroatoms. The summed E-state index contributed by atoms with van der Waals surface area (Å²) in [5, 5.41) is 15.1. The number of rotatable bonds is 3. The summed E-state index contributed by atoms with van der Waals surface area (Å²) in [4.78, 5) is 20.2. The summed E-state index contributed by atoms with van der Waals surface area (Å²) >= 11 is 0. The Morgan fingerprint density at radius 3 is 3.04 bits per heavy atom. The van der Waals surface area contributed by atoms with E-state index in [1.54, 1.807) is 12.3 Å². The first kappa shape index (κ1) is 16.9. The lowest BCUT2D eigenvalue weighted by molar-refractivity contribution is -0.123. The van der Waals surface area contributed by atoms with Gasteiger partial charge in [0, 0.05) is 36.9 Å². The summed E-state index contributed by atoms with van der Waals surface area (Å²) in [7, 11) is 0. The first-order valence-corrected chi connectivity index (χ1v) is 7.59. The van der Waals surface area contributed by atoms with Gasteiger partial charge in [-0.3, -0.25) is 0 Å². The van der Waals surface area contributed by atoms with Crippen molar-refractivity contribution in [3.05, 3.63) is 24.0 Å².